The molecule has 1 atom stereocenters. The highest BCUT2D eigenvalue weighted by Gasteiger charge is 2.04. The molecule has 1 unspecified atom stereocenters. The number of nitrogens with zero attached hydrogens (tertiary/aromatic N) is 2. The molecule has 2 nitrogen and oxygen atoms in total. The summed E-state index contributed by atoms with van der Waals surface area (Å²) in [5, 5.41) is 6.40. The third kappa shape index (κ3) is 2.32. The van der Waals surface area contributed by atoms with Gasteiger partial charge in [0, 0.05) is 23.2 Å². The van der Waals surface area contributed by atoms with Crippen LogP contribution in [0.3, 0.4) is 0 Å². The fraction of sp³-hybridized carbons (Fsp3) is 0.417. The molecule has 1 aromatic heterocycles. The van der Waals surface area contributed by atoms with Gasteiger partial charge in [-0.15, -0.1) is 0 Å². The molecule has 0 N–H and O–H groups in total. The third-order valence-corrected chi connectivity index (χ3v) is 2.95. The number of halogens is 1. The predicted molar refractivity (Wildman–Crippen MR) is 64.2 cm³/mol. The minimum Gasteiger partial charge on any atom is -0.271 e. The quantitative estimate of drug-likeness (QED) is 0.774. The van der Waals surface area contributed by atoms with E-state index in [0.717, 1.165) is 22.5 Å². The van der Waals surface area contributed by atoms with Crippen LogP contribution in [0.5, 0.6) is 0 Å². The SMILES string of the molecule is CCC(C)Cn1cc2ccc(Cl)cc2n1. The van der Waals surface area contributed by atoms with E-state index < -0.39 is 0 Å². The molecular formula is C12H15ClN2. The van der Waals surface area contributed by atoms with Crippen molar-refractivity contribution < 1.29 is 0 Å². The summed E-state index contributed by atoms with van der Waals surface area (Å²) < 4.78 is 2.01. The van der Waals surface area contributed by atoms with Gasteiger partial charge in [0.1, 0.15) is 0 Å². The Bertz CT molecular complexity index is 462. The second-order valence-electron chi connectivity index (χ2n) is 4.07. The Balaban J connectivity index is 2.30. The van der Waals surface area contributed by atoms with Crippen LogP contribution in [-0.2, 0) is 6.54 Å². The van der Waals surface area contributed by atoms with Gasteiger partial charge in [-0.3, -0.25) is 4.68 Å². The summed E-state index contributed by atoms with van der Waals surface area (Å²) >= 11 is 5.91. The Kier molecular flexibility index (Phi) is 2.96. The minimum atomic E-state index is 0.662. The van der Waals surface area contributed by atoms with E-state index in [0.29, 0.717) is 5.92 Å². The zero-order chi connectivity index (χ0) is 10.8. The number of hydrogen-bond acceptors (Lipinski definition) is 1. The molecule has 1 aromatic carbocycles. The van der Waals surface area contributed by atoms with Crippen molar-refractivity contribution in [1.82, 2.24) is 9.78 Å². The summed E-state index contributed by atoms with van der Waals surface area (Å²) in [6.07, 6.45) is 3.26. The first-order valence-electron chi connectivity index (χ1n) is 5.31. The van der Waals surface area contributed by atoms with E-state index in [1.165, 1.54) is 6.42 Å². The van der Waals surface area contributed by atoms with E-state index in [9.17, 15) is 0 Å². The average molecular weight is 223 g/mol. The molecule has 0 amide bonds. The maximum atomic E-state index is 5.91. The lowest BCUT2D eigenvalue weighted by Gasteiger charge is -2.07. The number of aromatic nitrogens is 2. The molecule has 0 bridgehead atoms. The average Bonchev–Trinajstić information content (AvgIpc) is 2.59. The molecular weight excluding hydrogens is 208 g/mol. The molecule has 0 radical (unpaired) electrons. The minimum absolute atomic E-state index is 0.662. The van der Waals surface area contributed by atoms with Crippen molar-refractivity contribution in [3.05, 3.63) is 29.4 Å². The van der Waals surface area contributed by atoms with Crippen LogP contribution in [0.4, 0.5) is 0 Å². The molecule has 0 aliphatic heterocycles. The third-order valence-electron chi connectivity index (χ3n) is 2.71. The van der Waals surface area contributed by atoms with Crippen LogP contribution in [0, 0.1) is 5.92 Å². The van der Waals surface area contributed by atoms with Crippen molar-refractivity contribution in [2.45, 2.75) is 26.8 Å². The Morgan fingerprint density at radius 1 is 1.47 bits per heavy atom. The van der Waals surface area contributed by atoms with Gasteiger partial charge in [0.05, 0.1) is 5.52 Å². The maximum absolute atomic E-state index is 5.91. The molecule has 0 aliphatic carbocycles. The van der Waals surface area contributed by atoms with E-state index >= 15 is 0 Å². The highest BCUT2D eigenvalue weighted by molar-refractivity contribution is 6.31. The highest BCUT2D eigenvalue weighted by atomic mass is 35.5. The number of rotatable bonds is 3. The van der Waals surface area contributed by atoms with Crippen molar-refractivity contribution in [2.24, 2.45) is 5.92 Å². The molecule has 2 aromatic rings. The summed E-state index contributed by atoms with van der Waals surface area (Å²) in [6.45, 7) is 5.41. The molecule has 80 valence electrons. The molecule has 2 rings (SSSR count). The van der Waals surface area contributed by atoms with E-state index in [1.54, 1.807) is 0 Å². The molecule has 0 aliphatic rings. The van der Waals surface area contributed by atoms with Gasteiger partial charge in [-0.2, -0.15) is 5.10 Å². The summed E-state index contributed by atoms with van der Waals surface area (Å²) in [7, 11) is 0. The van der Waals surface area contributed by atoms with Gasteiger partial charge in [0.25, 0.3) is 0 Å². The molecule has 15 heavy (non-hydrogen) atoms. The Labute approximate surface area is 94.8 Å². The van der Waals surface area contributed by atoms with Crippen LogP contribution in [0.1, 0.15) is 20.3 Å². The van der Waals surface area contributed by atoms with Gasteiger partial charge >= 0.3 is 0 Å². The number of fused-ring (bicyclic) bond motifs is 1. The Morgan fingerprint density at radius 3 is 3.00 bits per heavy atom. The Morgan fingerprint density at radius 2 is 2.27 bits per heavy atom. The van der Waals surface area contributed by atoms with E-state index in [2.05, 4.69) is 25.1 Å². The molecule has 0 saturated carbocycles. The van der Waals surface area contributed by atoms with Crippen molar-refractivity contribution >= 4 is 22.5 Å². The summed E-state index contributed by atoms with van der Waals surface area (Å²) in [5.41, 5.74) is 0.978. The monoisotopic (exact) mass is 222 g/mol. The first kappa shape index (κ1) is 10.5. The first-order valence-corrected chi connectivity index (χ1v) is 5.69. The van der Waals surface area contributed by atoms with Crippen molar-refractivity contribution in [1.29, 1.82) is 0 Å². The van der Waals surface area contributed by atoms with Crippen LogP contribution in [0.25, 0.3) is 10.9 Å². The first-order chi connectivity index (χ1) is 7.19. The molecule has 0 spiro atoms. The normalized spacial score (nSPS) is 13.3. The van der Waals surface area contributed by atoms with Crippen LogP contribution in [0.15, 0.2) is 24.4 Å². The molecule has 1 heterocycles. The van der Waals surface area contributed by atoms with Gasteiger partial charge in [-0.05, 0) is 24.1 Å². The zero-order valence-corrected chi connectivity index (χ0v) is 9.83. The predicted octanol–water partition coefficient (Wildman–Crippen LogP) is 3.74. The smallest absolute Gasteiger partial charge is 0.0938 e. The van der Waals surface area contributed by atoms with Gasteiger partial charge in [0.15, 0.2) is 0 Å². The maximum Gasteiger partial charge on any atom is 0.0938 e. The van der Waals surface area contributed by atoms with Crippen LogP contribution in [0.2, 0.25) is 5.02 Å². The fourth-order valence-electron chi connectivity index (χ4n) is 1.58. The second-order valence-corrected chi connectivity index (χ2v) is 4.50. The van der Waals surface area contributed by atoms with E-state index in [-0.39, 0.29) is 0 Å². The van der Waals surface area contributed by atoms with E-state index in [1.807, 2.05) is 22.9 Å². The number of benzene rings is 1. The van der Waals surface area contributed by atoms with Gasteiger partial charge in [-0.1, -0.05) is 31.9 Å². The largest absolute Gasteiger partial charge is 0.271 e. The summed E-state index contributed by atoms with van der Waals surface area (Å²) in [5.74, 6) is 0.662. The molecule has 3 heteroatoms. The van der Waals surface area contributed by atoms with Crippen LogP contribution < -0.4 is 0 Å². The lowest BCUT2D eigenvalue weighted by atomic mass is 10.1. The van der Waals surface area contributed by atoms with Gasteiger partial charge < -0.3 is 0 Å². The topological polar surface area (TPSA) is 17.8 Å². The second kappa shape index (κ2) is 4.23. The van der Waals surface area contributed by atoms with Crippen molar-refractivity contribution in [3.8, 4) is 0 Å². The van der Waals surface area contributed by atoms with Gasteiger partial charge in [0.2, 0.25) is 0 Å². The van der Waals surface area contributed by atoms with E-state index in [4.69, 9.17) is 11.6 Å². The standard InChI is InChI=1S/C12H15ClN2/c1-3-9(2)7-15-8-10-4-5-11(13)6-12(10)14-15/h4-6,8-9H,3,7H2,1-2H3. The lowest BCUT2D eigenvalue weighted by Crippen LogP contribution is -2.06. The van der Waals surface area contributed by atoms with Crippen molar-refractivity contribution in [2.75, 3.05) is 0 Å². The fourth-order valence-corrected chi connectivity index (χ4v) is 1.75. The molecule has 0 saturated heterocycles. The summed E-state index contributed by atoms with van der Waals surface area (Å²) in [4.78, 5) is 0. The van der Waals surface area contributed by atoms with Crippen molar-refractivity contribution in [3.63, 3.8) is 0 Å². The lowest BCUT2D eigenvalue weighted by molar-refractivity contribution is 0.441. The van der Waals surface area contributed by atoms with Crippen LogP contribution in [-0.4, -0.2) is 9.78 Å². The highest BCUT2D eigenvalue weighted by Crippen LogP contribution is 2.18. The molecule has 0 fully saturated rings. The van der Waals surface area contributed by atoms with Gasteiger partial charge in [-0.25, -0.2) is 0 Å². The van der Waals surface area contributed by atoms with Crippen LogP contribution >= 0.6 is 11.6 Å². The summed E-state index contributed by atoms with van der Waals surface area (Å²) in [6, 6.07) is 5.82. The Hall–Kier alpha value is -1.02. The zero-order valence-electron chi connectivity index (χ0n) is 9.07. The number of hydrogen-bond donors (Lipinski definition) is 0.